The van der Waals surface area contributed by atoms with E-state index in [4.69, 9.17) is 4.74 Å². The molecule has 1 aliphatic heterocycles. The van der Waals surface area contributed by atoms with E-state index in [1.165, 1.54) is 0 Å². The van der Waals surface area contributed by atoms with Gasteiger partial charge in [0.15, 0.2) is 5.78 Å². The zero-order valence-corrected chi connectivity index (χ0v) is 17.4. The van der Waals surface area contributed by atoms with Gasteiger partial charge in [-0.25, -0.2) is 0 Å². The molecule has 0 aromatic carbocycles. The zero-order chi connectivity index (χ0) is 20.2. The molecule has 2 bridgehead atoms. The number of aliphatic hydroxyl groups is 3. The summed E-state index contributed by atoms with van der Waals surface area (Å²) in [6.45, 7) is 12.3. The summed E-state index contributed by atoms with van der Waals surface area (Å²) in [5.74, 6) is -0.785. The summed E-state index contributed by atoms with van der Waals surface area (Å²) in [6.07, 6.45) is -0.619. The minimum absolute atomic E-state index is 0.107. The van der Waals surface area contributed by atoms with Gasteiger partial charge in [-0.05, 0) is 44.1 Å². The lowest BCUT2D eigenvalue weighted by Crippen LogP contribution is -2.74. The first-order chi connectivity index (χ1) is 12.3. The Bertz CT molecular complexity index is 726. The summed E-state index contributed by atoms with van der Waals surface area (Å²) in [4.78, 5) is 13.7. The van der Waals surface area contributed by atoms with Crippen molar-refractivity contribution >= 4 is 5.78 Å². The lowest BCUT2D eigenvalue weighted by molar-refractivity contribution is -0.300. The van der Waals surface area contributed by atoms with Crippen LogP contribution in [0.15, 0.2) is 11.1 Å². The first kappa shape index (κ1) is 19.6. The highest BCUT2D eigenvalue weighted by Crippen LogP contribution is 2.66. The predicted octanol–water partition coefficient (Wildman–Crippen LogP) is 2.23. The van der Waals surface area contributed by atoms with Crippen LogP contribution in [0.2, 0.25) is 0 Å². The third kappa shape index (κ3) is 2.02. The second-order valence-corrected chi connectivity index (χ2v) is 10.6. The van der Waals surface area contributed by atoms with Crippen molar-refractivity contribution < 1.29 is 24.9 Å². The molecule has 1 heterocycles. The maximum atomic E-state index is 13.7. The predicted molar refractivity (Wildman–Crippen MR) is 101 cm³/mol. The van der Waals surface area contributed by atoms with Gasteiger partial charge in [0.2, 0.25) is 0 Å². The molecule has 1 saturated heterocycles. The summed E-state index contributed by atoms with van der Waals surface area (Å²) in [5, 5.41) is 34.3. The number of ether oxygens (including phenoxy) is 1. The summed E-state index contributed by atoms with van der Waals surface area (Å²) in [5.41, 5.74) is -1.54. The molecule has 3 fully saturated rings. The van der Waals surface area contributed by atoms with Crippen molar-refractivity contribution in [3.63, 3.8) is 0 Å². The number of aliphatic hydroxyl groups excluding tert-OH is 2. The highest BCUT2D eigenvalue weighted by Gasteiger charge is 2.72. The Morgan fingerprint density at radius 2 is 1.78 bits per heavy atom. The van der Waals surface area contributed by atoms with Crippen molar-refractivity contribution in [2.45, 2.75) is 84.7 Å². The van der Waals surface area contributed by atoms with Gasteiger partial charge in [0, 0.05) is 17.3 Å². The molecule has 5 nitrogen and oxygen atoms in total. The summed E-state index contributed by atoms with van der Waals surface area (Å²) < 4.78 is 5.77. The largest absolute Gasteiger partial charge is 0.392 e. The molecule has 4 rings (SSSR count). The molecule has 0 amide bonds. The number of hydrogen-bond acceptors (Lipinski definition) is 5. The minimum Gasteiger partial charge on any atom is -0.392 e. The van der Waals surface area contributed by atoms with E-state index in [0.29, 0.717) is 31.4 Å². The summed E-state index contributed by atoms with van der Waals surface area (Å²) >= 11 is 0. The molecule has 2 saturated carbocycles. The second-order valence-electron chi connectivity index (χ2n) is 10.6. The van der Waals surface area contributed by atoms with E-state index >= 15 is 0 Å². The molecule has 8 atom stereocenters. The third-order valence-electron chi connectivity index (χ3n) is 9.22. The fraction of sp³-hybridized carbons (Fsp3) is 0.864. The van der Waals surface area contributed by atoms with Gasteiger partial charge in [-0.2, -0.15) is 0 Å². The lowest BCUT2D eigenvalue weighted by atomic mass is 9.41. The Morgan fingerprint density at radius 3 is 2.33 bits per heavy atom. The van der Waals surface area contributed by atoms with E-state index in [9.17, 15) is 20.1 Å². The van der Waals surface area contributed by atoms with Crippen LogP contribution in [0.5, 0.6) is 0 Å². The molecular weight excluding hydrogens is 344 g/mol. The fourth-order valence-corrected chi connectivity index (χ4v) is 7.50. The van der Waals surface area contributed by atoms with Crippen LogP contribution < -0.4 is 0 Å². The van der Waals surface area contributed by atoms with Crippen LogP contribution in [0.3, 0.4) is 0 Å². The van der Waals surface area contributed by atoms with E-state index in [-0.39, 0.29) is 29.1 Å². The number of hydrogen-bond donors (Lipinski definition) is 3. The number of carbonyl (C=O) groups excluding carboxylic acids is 1. The molecule has 3 aliphatic carbocycles. The standard InChI is InChI=1S/C22H34O5/c1-11-7-8-22(26)12(2)17-20(5)10-27-14(20)9-13(23)21(17,6)18(25)16(24)15(11)19(22,3)4/h12-14,16-17,23-24,26H,7-10H2,1-6H3/t12-,13-,14?,16+,17?,20+,21+,22+/m0/s1. The van der Waals surface area contributed by atoms with Gasteiger partial charge in [-0.3, -0.25) is 4.79 Å². The van der Waals surface area contributed by atoms with E-state index in [2.05, 4.69) is 6.92 Å². The van der Waals surface area contributed by atoms with Crippen LogP contribution in [-0.2, 0) is 9.53 Å². The Morgan fingerprint density at radius 1 is 1.15 bits per heavy atom. The zero-order valence-electron chi connectivity index (χ0n) is 17.4. The maximum absolute atomic E-state index is 13.7. The Labute approximate surface area is 161 Å². The number of rotatable bonds is 0. The number of allylic oxidation sites excluding steroid dienone is 1. The van der Waals surface area contributed by atoms with E-state index < -0.39 is 28.6 Å². The van der Waals surface area contributed by atoms with Crippen LogP contribution in [-0.4, -0.2) is 51.6 Å². The van der Waals surface area contributed by atoms with E-state index in [0.717, 1.165) is 5.57 Å². The SMILES string of the molecule is CC1=C2[C@@H](O)C(=O)[C@@]3(C)C([C@H](C)[C@](O)(CC1)C2(C)C)[C@]1(C)COC1C[C@@H]3O. The fourth-order valence-electron chi connectivity index (χ4n) is 7.50. The molecule has 0 aromatic rings. The summed E-state index contributed by atoms with van der Waals surface area (Å²) in [6, 6.07) is 0. The van der Waals surface area contributed by atoms with Gasteiger partial charge < -0.3 is 20.1 Å². The molecule has 0 aromatic heterocycles. The van der Waals surface area contributed by atoms with Crippen molar-refractivity contribution in [2.75, 3.05) is 6.61 Å². The molecule has 2 unspecified atom stereocenters. The number of Topliss-reactive ketones (excluding diaryl/α,β-unsaturated/α-hetero) is 1. The van der Waals surface area contributed by atoms with Crippen molar-refractivity contribution in [2.24, 2.45) is 28.1 Å². The second kappa shape index (κ2) is 5.44. The minimum atomic E-state index is -1.29. The monoisotopic (exact) mass is 378 g/mol. The van der Waals surface area contributed by atoms with Gasteiger partial charge >= 0.3 is 0 Å². The van der Waals surface area contributed by atoms with Crippen LogP contribution in [0.1, 0.15) is 60.8 Å². The number of ketones is 1. The third-order valence-corrected chi connectivity index (χ3v) is 9.22. The topological polar surface area (TPSA) is 87.0 Å². The normalized spacial score (nSPS) is 54.4. The van der Waals surface area contributed by atoms with Gasteiger partial charge in [-0.1, -0.05) is 33.3 Å². The Kier molecular flexibility index (Phi) is 3.94. The van der Waals surface area contributed by atoms with Crippen LogP contribution in [0.4, 0.5) is 0 Å². The highest BCUT2D eigenvalue weighted by atomic mass is 16.5. The molecular formula is C22H34O5. The molecule has 3 N–H and O–H groups in total. The molecule has 152 valence electrons. The average Bonchev–Trinajstić information content (AvgIpc) is 2.58. The Balaban J connectivity index is 1.99. The van der Waals surface area contributed by atoms with Crippen LogP contribution in [0, 0.1) is 28.1 Å². The first-order valence-electron chi connectivity index (χ1n) is 10.3. The Hall–Kier alpha value is -0.750. The first-order valence-corrected chi connectivity index (χ1v) is 10.3. The summed E-state index contributed by atoms with van der Waals surface area (Å²) in [7, 11) is 0. The molecule has 4 aliphatic rings. The van der Waals surface area contributed by atoms with Crippen LogP contribution >= 0.6 is 0 Å². The van der Waals surface area contributed by atoms with Crippen LogP contribution in [0.25, 0.3) is 0 Å². The van der Waals surface area contributed by atoms with Crippen molar-refractivity contribution in [3.8, 4) is 0 Å². The highest BCUT2D eigenvalue weighted by molar-refractivity contribution is 5.93. The van der Waals surface area contributed by atoms with E-state index in [1.54, 1.807) is 6.92 Å². The number of carbonyl (C=O) groups is 1. The molecule has 0 radical (unpaired) electrons. The smallest absolute Gasteiger partial charge is 0.174 e. The molecule has 0 spiro atoms. The quantitative estimate of drug-likeness (QED) is 0.563. The van der Waals surface area contributed by atoms with Gasteiger partial charge in [0.05, 0.1) is 29.8 Å². The lowest BCUT2D eigenvalue weighted by Gasteiger charge is -2.68. The number of fused-ring (bicyclic) bond motifs is 5. The molecule has 5 heteroatoms. The molecule has 27 heavy (non-hydrogen) atoms. The van der Waals surface area contributed by atoms with Crippen molar-refractivity contribution in [1.29, 1.82) is 0 Å². The van der Waals surface area contributed by atoms with Gasteiger partial charge in [0.1, 0.15) is 6.10 Å². The maximum Gasteiger partial charge on any atom is 0.174 e. The average molecular weight is 379 g/mol. The van der Waals surface area contributed by atoms with Gasteiger partial charge in [0.25, 0.3) is 0 Å². The van der Waals surface area contributed by atoms with E-state index in [1.807, 2.05) is 27.7 Å². The van der Waals surface area contributed by atoms with Crippen molar-refractivity contribution in [3.05, 3.63) is 11.1 Å². The van der Waals surface area contributed by atoms with Gasteiger partial charge in [-0.15, -0.1) is 0 Å². The van der Waals surface area contributed by atoms with Crippen molar-refractivity contribution in [1.82, 2.24) is 0 Å².